The molecule has 0 saturated carbocycles. The molecule has 0 spiro atoms. The molecule has 1 saturated heterocycles. The molecule has 0 N–H and O–H groups in total. The Hall–Kier alpha value is -1.97. The van der Waals surface area contributed by atoms with Crippen molar-refractivity contribution < 1.29 is 14.3 Å². The summed E-state index contributed by atoms with van der Waals surface area (Å²) in [6, 6.07) is 13.8. The number of Topliss-reactive ketones (excluding diaryl/α,β-unsaturated/α-hetero) is 2. The zero-order valence-corrected chi connectivity index (χ0v) is 11.1. The van der Waals surface area contributed by atoms with Crippen LogP contribution in [0.25, 0.3) is 0 Å². The average Bonchev–Trinajstić information content (AvgIpc) is 3.22. The van der Waals surface area contributed by atoms with Crippen molar-refractivity contribution in [3.8, 4) is 0 Å². The molecule has 0 radical (unpaired) electrons. The number of carbonyl (C=O) groups excluding carboxylic acids is 2. The van der Waals surface area contributed by atoms with Crippen LogP contribution >= 0.6 is 11.6 Å². The minimum Gasteiger partial charge on any atom is -0.343 e. The third-order valence-electron chi connectivity index (χ3n) is 3.90. The monoisotopic (exact) mass is 284 g/mol. The molecule has 20 heavy (non-hydrogen) atoms. The van der Waals surface area contributed by atoms with Gasteiger partial charge in [0.1, 0.15) is 0 Å². The standard InChI is InChI=1S/C16H9ClO3/c17-12-8-4-3-7-11(12)16-14(19)10-6-2-1-5-9(10)13(18)15(16)20-16/h1-8,15H. The Kier molecular flexibility index (Phi) is 2.23. The largest absolute Gasteiger partial charge is 0.343 e. The van der Waals surface area contributed by atoms with E-state index in [0.717, 1.165) is 0 Å². The van der Waals surface area contributed by atoms with Crippen LogP contribution in [0.15, 0.2) is 48.5 Å². The zero-order valence-electron chi connectivity index (χ0n) is 10.3. The maximum atomic E-state index is 12.7. The summed E-state index contributed by atoms with van der Waals surface area (Å²) >= 11 is 6.17. The van der Waals surface area contributed by atoms with Crippen molar-refractivity contribution >= 4 is 23.2 Å². The quantitative estimate of drug-likeness (QED) is 0.756. The number of benzene rings is 2. The zero-order chi connectivity index (χ0) is 13.9. The number of halogens is 1. The number of ether oxygens (including phenoxy) is 1. The number of hydrogen-bond donors (Lipinski definition) is 0. The Labute approximate surface area is 120 Å². The fourth-order valence-electron chi connectivity index (χ4n) is 2.89. The van der Waals surface area contributed by atoms with Gasteiger partial charge in [-0.2, -0.15) is 0 Å². The summed E-state index contributed by atoms with van der Waals surface area (Å²) < 4.78 is 5.56. The lowest BCUT2D eigenvalue weighted by molar-refractivity contribution is 0.0859. The highest BCUT2D eigenvalue weighted by Crippen LogP contribution is 2.54. The van der Waals surface area contributed by atoms with Gasteiger partial charge in [-0.15, -0.1) is 0 Å². The molecule has 2 atom stereocenters. The maximum Gasteiger partial charge on any atom is 0.203 e. The summed E-state index contributed by atoms with van der Waals surface area (Å²) in [5.74, 6) is -0.342. The van der Waals surface area contributed by atoms with E-state index in [4.69, 9.17) is 16.3 Å². The predicted molar refractivity (Wildman–Crippen MR) is 73.1 cm³/mol. The van der Waals surface area contributed by atoms with Crippen molar-refractivity contribution in [2.45, 2.75) is 11.7 Å². The van der Waals surface area contributed by atoms with E-state index < -0.39 is 11.7 Å². The van der Waals surface area contributed by atoms with E-state index in [0.29, 0.717) is 21.7 Å². The number of fused-ring (bicyclic) bond motifs is 2. The molecule has 2 aromatic rings. The third kappa shape index (κ3) is 1.29. The highest BCUT2D eigenvalue weighted by Gasteiger charge is 2.70. The number of carbonyl (C=O) groups is 2. The Morgan fingerprint density at radius 1 is 0.950 bits per heavy atom. The van der Waals surface area contributed by atoms with Gasteiger partial charge in [0.15, 0.2) is 17.5 Å². The van der Waals surface area contributed by atoms with Crippen LogP contribution in [0.2, 0.25) is 5.02 Å². The van der Waals surface area contributed by atoms with E-state index in [9.17, 15) is 9.59 Å². The van der Waals surface area contributed by atoms with Gasteiger partial charge in [0.25, 0.3) is 0 Å². The summed E-state index contributed by atoms with van der Waals surface area (Å²) in [5.41, 5.74) is 0.192. The van der Waals surface area contributed by atoms with E-state index in [-0.39, 0.29) is 11.6 Å². The Morgan fingerprint density at radius 3 is 2.35 bits per heavy atom. The number of epoxide rings is 1. The fourth-order valence-corrected chi connectivity index (χ4v) is 3.17. The van der Waals surface area contributed by atoms with Crippen LogP contribution in [0.3, 0.4) is 0 Å². The van der Waals surface area contributed by atoms with E-state index in [2.05, 4.69) is 0 Å². The van der Waals surface area contributed by atoms with Gasteiger partial charge in [0.05, 0.1) is 0 Å². The molecule has 2 aromatic carbocycles. The first-order valence-corrected chi connectivity index (χ1v) is 6.65. The van der Waals surface area contributed by atoms with E-state index in [1.165, 1.54) is 0 Å². The van der Waals surface area contributed by atoms with Crippen LogP contribution in [0.5, 0.6) is 0 Å². The van der Waals surface area contributed by atoms with Gasteiger partial charge in [0.2, 0.25) is 5.78 Å². The molecule has 0 amide bonds. The number of rotatable bonds is 1. The molecular formula is C16H9ClO3. The lowest BCUT2D eigenvalue weighted by Gasteiger charge is -2.19. The van der Waals surface area contributed by atoms with Crippen molar-refractivity contribution in [2.75, 3.05) is 0 Å². The smallest absolute Gasteiger partial charge is 0.203 e. The number of ketones is 2. The second-order valence-electron chi connectivity index (χ2n) is 4.95. The van der Waals surface area contributed by atoms with Gasteiger partial charge in [-0.3, -0.25) is 9.59 Å². The van der Waals surface area contributed by atoms with Gasteiger partial charge in [-0.05, 0) is 6.07 Å². The molecule has 98 valence electrons. The molecule has 1 fully saturated rings. The second-order valence-corrected chi connectivity index (χ2v) is 5.36. The lowest BCUT2D eigenvalue weighted by Crippen LogP contribution is -2.35. The van der Waals surface area contributed by atoms with Gasteiger partial charge < -0.3 is 4.74 Å². The van der Waals surface area contributed by atoms with Crippen LogP contribution in [-0.2, 0) is 10.3 Å². The molecule has 4 heteroatoms. The van der Waals surface area contributed by atoms with Crippen molar-refractivity contribution in [3.05, 3.63) is 70.2 Å². The van der Waals surface area contributed by atoms with Crippen LogP contribution in [0, 0.1) is 0 Å². The molecule has 3 nitrogen and oxygen atoms in total. The minimum atomic E-state index is -1.22. The lowest BCUT2D eigenvalue weighted by atomic mass is 9.78. The molecule has 1 aliphatic carbocycles. The third-order valence-corrected chi connectivity index (χ3v) is 4.23. The molecule has 1 heterocycles. The Bertz CT molecular complexity index is 768. The molecule has 2 unspecified atom stereocenters. The fraction of sp³-hybridized carbons (Fsp3) is 0.125. The average molecular weight is 285 g/mol. The van der Waals surface area contributed by atoms with Gasteiger partial charge in [-0.1, -0.05) is 54.1 Å². The first-order chi connectivity index (χ1) is 9.66. The van der Waals surface area contributed by atoms with E-state index in [1.54, 1.807) is 48.5 Å². The second kappa shape index (κ2) is 3.78. The highest BCUT2D eigenvalue weighted by atomic mass is 35.5. The summed E-state index contributed by atoms with van der Waals surface area (Å²) in [7, 11) is 0. The van der Waals surface area contributed by atoms with Gasteiger partial charge in [-0.25, -0.2) is 0 Å². The van der Waals surface area contributed by atoms with Crippen molar-refractivity contribution in [1.82, 2.24) is 0 Å². The minimum absolute atomic E-state index is 0.153. The molecular weight excluding hydrogens is 276 g/mol. The molecule has 2 aliphatic rings. The van der Waals surface area contributed by atoms with E-state index in [1.807, 2.05) is 0 Å². The van der Waals surface area contributed by atoms with Gasteiger partial charge in [0, 0.05) is 21.7 Å². The van der Waals surface area contributed by atoms with Crippen LogP contribution in [-0.4, -0.2) is 17.7 Å². The van der Waals surface area contributed by atoms with Gasteiger partial charge >= 0.3 is 0 Å². The van der Waals surface area contributed by atoms with Crippen molar-refractivity contribution in [1.29, 1.82) is 0 Å². The first-order valence-electron chi connectivity index (χ1n) is 6.27. The molecule has 1 aliphatic heterocycles. The summed E-state index contributed by atoms with van der Waals surface area (Å²) in [6.07, 6.45) is -0.746. The summed E-state index contributed by atoms with van der Waals surface area (Å²) in [5, 5.41) is 0.440. The first kappa shape index (κ1) is 11.8. The summed E-state index contributed by atoms with van der Waals surface area (Å²) in [4.78, 5) is 25.1. The van der Waals surface area contributed by atoms with E-state index >= 15 is 0 Å². The SMILES string of the molecule is O=C1c2ccccc2C(=O)C2(c3ccccc3Cl)OC12. The van der Waals surface area contributed by atoms with Crippen LogP contribution in [0.1, 0.15) is 26.3 Å². The van der Waals surface area contributed by atoms with Crippen molar-refractivity contribution in [3.63, 3.8) is 0 Å². The molecule has 0 aromatic heterocycles. The topological polar surface area (TPSA) is 46.7 Å². The normalized spacial score (nSPS) is 26.9. The maximum absolute atomic E-state index is 12.7. The van der Waals surface area contributed by atoms with Crippen molar-refractivity contribution in [2.24, 2.45) is 0 Å². The van der Waals surface area contributed by atoms with Crippen LogP contribution < -0.4 is 0 Å². The Balaban J connectivity index is 1.95. The number of hydrogen-bond acceptors (Lipinski definition) is 3. The predicted octanol–water partition coefficient (Wildman–Crippen LogP) is 3.01. The highest BCUT2D eigenvalue weighted by molar-refractivity contribution is 6.33. The molecule has 0 bridgehead atoms. The molecule has 4 rings (SSSR count). The summed E-state index contributed by atoms with van der Waals surface area (Å²) in [6.45, 7) is 0. The Morgan fingerprint density at radius 2 is 1.60 bits per heavy atom. The van der Waals surface area contributed by atoms with Crippen LogP contribution in [0.4, 0.5) is 0 Å².